The van der Waals surface area contributed by atoms with Crippen molar-refractivity contribution in [3.63, 3.8) is 0 Å². The molecule has 0 atom stereocenters. The molecule has 1 amide bonds. The molecule has 0 aliphatic carbocycles. The molecule has 134 valence electrons. The van der Waals surface area contributed by atoms with E-state index in [4.69, 9.17) is 0 Å². The van der Waals surface area contributed by atoms with Gasteiger partial charge in [-0.15, -0.1) is 0 Å². The average Bonchev–Trinajstić information content (AvgIpc) is 3.09. The Hall–Kier alpha value is -2.73. The lowest BCUT2D eigenvalue weighted by molar-refractivity contribution is -0.113. The van der Waals surface area contributed by atoms with Crippen LogP contribution in [0.2, 0.25) is 0 Å². The second-order valence-electron chi connectivity index (χ2n) is 6.14. The number of nitrogens with one attached hydrogen (secondary N) is 1. The summed E-state index contributed by atoms with van der Waals surface area (Å²) in [4.78, 5) is 18.7. The van der Waals surface area contributed by atoms with Crippen LogP contribution in [0.5, 0.6) is 0 Å². The van der Waals surface area contributed by atoms with E-state index in [1.807, 2.05) is 72.2 Å². The van der Waals surface area contributed by atoms with Crippen LogP contribution in [-0.2, 0) is 4.79 Å². The van der Waals surface area contributed by atoms with Crippen molar-refractivity contribution in [2.24, 2.45) is 0 Å². The summed E-state index contributed by atoms with van der Waals surface area (Å²) in [5.41, 5.74) is 4.13. The van der Waals surface area contributed by atoms with E-state index >= 15 is 0 Å². The van der Waals surface area contributed by atoms with Gasteiger partial charge in [-0.3, -0.25) is 9.36 Å². The van der Waals surface area contributed by atoms with Crippen molar-refractivity contribution in [3.8, 4) is 5.69 Å². The number of para-hydroxylation sites is 1. The molecule has 1 heterocycles. The van der Waals surface area contributed by atoms with Crippen LogP contribution in [0.15, 0.2) is 66.1 Å². The van der Waals surface area contributed by atoms with Crippen LogP contribution >= 0.6 is 11.8 Å². The second-order valence-corrected chi connectivity index (χ2v) is 7.09. The van der Waals surface area contributed by atoms with Gasteiger partial charge in [0.05, 0.1) is 11.4 Å². The molecule has 6 heteroatoms. The summed E-state index contributed by atoms with van der Waals surface area (Å²) in [5.74, 6) is 0.255. The lowest BCUT2D eigenvalue weighted by atomic mass is 10.2. The first-order valence-electron chi connectivity index (χ1n) is 8.34. The van der Waals surface area contributed by atoms with E-state index < -0.39 is 0 Å². The Balaban J connectivity index is 1.62. The first-order valence-corrected chi connectivity index (χ1v) is 9.32. The summed E-state index contributed by atoms with van der Waals surface area (Å²) in [6, 6.07) is 15.9. The van der Waals surface area contributed by atoms with Crippen LogP contribution in [0.1, 0.15) is 5.56 Å². The highest BCUT2D eigenvalue weighted by molar-refractivity contribution is 7.99. The standard InChI is InChI=1S/C20H22N4OS/c1-15-6-4-5-7-18(15)24-13-12-21-20(24)26-14-19(25)22-16-8-10-17(11-9-16)23(2)3/h4-13H,14H2,1-3H3,(H,22,25). The number of hydrogen-bond acceptors (Lipinski definition) is 4. The summed E-state index contributed by atoms with van der Waals surface area (Å²) in [6.07, 6.45) is 3.68. The van der Waals surface area contributed by atoms with Gasteiger partial charge in [-0.25, -0.2) is 4.98 Å². The topological polar surface area (TPSA) is 50.2 Å². The molecule has 0 fully saturated rings. The van der Waals surface area contributed by atoms with Gasteiger partial charge in [0.1, 0.15) is 0 Å². The summed E-state index contributed by atoms with van der Waals surface area (Å²) in [5, 5.41) is 3.73. The summed E-state index contributed by atoms with van der Waals surface area (Å²) in [6.45, 7) is 2.06. The number of imidazole rings is 1. The molecule has 1 N–H and O–H groups in total. The van der Waals surface area contributed by atoms with Crippen LogP contribution in [0.4, 0.5) is 11.4 Å². The van der Waals surface area contributed by atoms with Gasteiger partial charge < -0.3 is 10.2 Å². The van der Waals surface area contributed by atoms with Gasteiger partial charge in [-0.05, 0) is 42.8 Å². The zero-order valence-corrected chi connectivity index (χ0v) is 16.0. The monoisotopic (exact) mass is 366 g/mol. The minimum Gasteiger partial charge on any atom is -0.378 e. The van der Waals surface area contributed by atoms with Crippen LogP contribution < -0.4 is 10.2 Å². The number of amides is 1. The van der Waals surface area contributed by atoms with Gasteiger partial charge >= 0.3 is 0 Å². The van der Waals surface area contributed by atoms with E-state index in [1.54, 1.807) is 6.20 Å². The predicted octanol–water partition coefficient (Wildman–Crippen LogP) is 3.98. The van der Waals surface area contributed by atoms with Crippen molar-refractivity contribution in [1.29, 1.82) is 0 Å². The van der Waals surface area contributed by atoms with E-state index in [9.17, 15) is 4.79 Å². The normalized spacial score (nSPS) is 10.6. The molecule has 0 unspecified atom stereocenters. The number of hydrogen-bond donors (Lipinski definition) is 1. The molecule has 0 aliphatic heterocycles. The third-order valence-electron chi connectivity index (χ3n) is 3.98. The first-order chi connectivity index (χ1) is 12.5. The number of aromatic nitrogens is 2. The molecule has 1 aromatic heterocycles. The molecule has 0 bridgehead atoms. The van der Waals surface area contributed by atoms with Crippen molar-refractivity contribution in [2.75, 3.05) is 30.1 Å². The fourth-order valence-corrected chi connectivity index (χ4v) is 3.35. The number of thioether (sulfide) groups is 1. The van der Waals surface area contributed by atoms with Crippen LogP contribution in [-0.4, -0.2) is 35.3 Å². The Kier molecular flexibility index (Phi) is 5.63. The molecule has 0 aliphatic rings. The second kappa shape index (κ2) is 8.10. The van der Waals surface area contributed by atoms with E-state index in [0.29, 0.717) is 5.75 Å². The maximum Gasteiger partial charge on any atom is 0.234 e. The number of anilines is 2. The molecule has 0 saturated heterocycles. The Labute approximate surface area is 158 Å². The van der Waals surface area contributed by atoms with Crippen molar-refractivity contribution in [3.05, 3.63) is 66.5 Å². The molecule has 2 aromatic carbocycles. The Morgan fingerprint density at radius 2 is 1.88 bits per heavy atom. The van der Waals surface area contributed by atoms with E-state index in [0.717, 1.165) is 27.8 Å². The highest BCUT2D eigenvalue weighted by Gasteiger charge is 2.10. The highest BCUT2D eigenvalue weighted by atomic mass is 32.2. The zero-order chi connectivity index (χ0) is 18.5. The molecular formula is C20H22N4OS. The average molecular weight is 366 g/mol. The Morgan fingerprint density at radius 1 is 1.15 bits per heavy atom. The quantitative estimate of drug-likeness (QED) is 0.671. The fraction of sp³-hybridized carbons (Fsp3) is 0.200. The molecule has 3 rings (SSSR count). The highest BCUT2D eigenvalue weighted by Crippen LogP contribution is 2.23. The minimum absolute atomic E-state index is 0.0491. The molecular weight excluding hydrogens is 344 g/mol. The number of carbonyl (C=O) groups excluding carboxylic acids is 1. The van der Waals surface area contributed by atoms with Gasteiger partial charge in [0, 0.05) is 37.9 Å². The van der Waals surface area contributed by atoms with Crippen molar-refractivity contribution < 1.29 is 4.79 Å². The third kappa shape index (κ3) is 4.26. The molecule has 5 nitrogen and oxygen atoms in total. The minimum atomic E-state index is -0.0491. The maximum absolute atomic E-state index is 12.3. The number of carbonyl (C=O) groups is 1. The lowest BCUT2D eigenvalue weighted by Crippen LogP contribution is -2.15. The van der Waals surface area contributed by atoms with Gasteiger partial charge in [-0.2, -0.15) is 0 Å². The zero-order valence-electron chi connectivity index (χ0n) is 15.1. The number of rotatable bonds is 6. The molecule has 3 aromatic rings. The Morgan fingerprint density at radius 3 is 2.58 bits per heavy atom. The van der Waals surface area contributed by atoms with Gasteiger partial charge in [-0.1, -0.05) is 30.0 Å². The summed E-state index contributed by atoms with van der Waals surface area (Å²) >= 11 is 1.42. The summed E-state index contributed by atoms with van der Waals surface area (Å²) in [7, 11) is 3.97. The van der Waals surface area contributed by atoms with Crippen LogP contribution in [0.25, 0.3) is 5.69 Å². The van der Waals surface area contributed by atoms with Crippen LogP contribution in [0.3, 0.4) is 0 Å². The van der Waals surface area contributed by atoms with Crippen molar-refractivity contribution in [2.45, 2.75) is 12.1 Å². The number of nitrogens with zero attached hydrogens (tertiary/aromatic N) is 3. The molecule has 0 saturated carbocycles. The smallest absolute Gasteiger partial charge is 0.234 e. The molecule has 0 radical (unpaired) electrons. The van der Waals surface area contributed by atoms with E-state index in [1.165, 1.54) is 11.8 Å². The largest absolute Gasteiger partial charge is 0.378 e. The van der Waals surface area contributed by atoms with Gasteiger partial charge in [0.2, 0.25) is 5.91 Å². The Bertz CT molecular complexity index is 887. The molecule has 26 heavy (non-hydrogen) atoms. The third-order valence-corrected chi connectivity index (χ3v) is 4.95. The SMILES string of the molecule is Cc1ccccc1-n1ccnc1SCC(=O)Nc1ccc(N(C)C)cc1. The van der Waals surface area contributed by atoms with Gasteiger partial charge in [0.25, 0.3) is 0 Å². The first kappa shape index (κ1) is 18.1. The maximum atomic E-state index is 12.3. The van der Waals surface area contributed by atoms with E-state index in [-0.39, 0.29) is 5.91 Å². The number of aryl methyl sites for hydroxylation is 1. The van der Waals surface area contributed by atoms with E-state index in [2.05, 4.69) is 23.3 Å². The lowest BCUT2D eigenvalue weighted by Gasteiger charge is -2.13. The molecule has 0 spiro atoms. The predicted molar refractivity (Wildman–Crippen MR) is 108 cm³/mol. The van der Waals surface area contributed by atoms with Crippen LogP contribution in [0, 0.1) is 6.92 Å². The van der Waals surface area contributed by atoms with Crippen molar-refractivity contribution in [1.82, 2.24) is 9.55 Å². The van der Waals surface area contributed by atoms with Gasteiger partial charge in [0.15, 0.2) is 5.16 Å². The number of benzene rings is 2. The summed E-state index contributed by atoms with van der Waals surface area (Å²) < 4.78 is 2.01. The van der Waals surface area contributed by atoms with Crippen molar-refractivity contribution >= 4 is 29.0 Å². The fourth-order valence-electron chi connectivity index (χ4n) is 2.58.